The molecule has 1 saturated heterocycles. The molecule has 0 bridgehead atoms. The number of halogens is 2. The molecule has 0 unspecified atom stereocenters. The van der Waals surface area contributed by atoms with Crippen LogP contribution in [0.5, 0.6) is 0 Å². The highest BCUT2D eigenvalue weighted by Crippen LogP contribution is 2.23. The molecule has 1 atom stereocenters. The Morgan fingerprint density at radius 3 is 2.42 bits per heavy atom. The van der Waals surface area contributed by atoms with Crippen LogP contribution in [0.15, 0.2) is 53.4 Å². The first kappa shape index (κ1) is 16.5. The Labute approximate surface area is 138 Å². The average Bonchev–Trinajstić information content (AvgIpc) is 2.89. The van der Waals surface area contributed by atoms with Crippen LogP contribution in [0.1, 0.15) is 6.42 Å². The Kier molecular flexibility index (Phi) is 4.33. The highest BCUT2D eigenvalue weighted by molar-refractivity contribution is 7.89. The summed E-state index contributed by atoms with van der Waals surface area (Å²) >= 11 is 0. The number of carbonyl (C=O) groups excluding carboxylic acids is 1. The molecule has 1 N–H and O–H groups in total. The van der Waals surface area contributed by atoms with E-state index in [1.54, 1.807) is 0 Å². The van der Waals surface area contributed by atoms with E-state index in [1.807, 2.05) is 0 Å². The molecule has 2 aromatic rings. The lowest BCUT2D eigenvalue weighted by atomic mass is 10.3. The molecule has 0 radical (unpaired) electrons. The highest BCUT2D eigenvalue weighted by atomic mass is 32.2. The van der Waals surface area contributed by atoms with Gasteiger partial charge in [-0.15, -0.1) is 0 Å². The van der Waals surface area contributed by atoms with Gasteiger partial charge in [-0.25, -0.2) is 17.2 Å². The van der Waals surface area contributed by atoms with Crippen molar-refractivity contribution in [1.29, 1.82) is 0 Å². The average molecular weight is 352 g/mol. The molecule has 1 aliphatic rings. The minimum absolute atomic E-state index is 0.240. The maximum Gasteiger partial charge on any atom is 0.245 e. The predicted octanol–water partition coefficient (Wildman–Crippen LogP) is 2.05. The van der Waals surface area contributed by atoms with Crippen molar-refractivity contribution in [1.82, 2.24) is 4.72 Å². The van der Waals surface area contributed by atoms with Gasteiger partial charge in [0.1, 0.15) is 17.7 Å². The van der Waals surface area contributed by atoms with Crippen molar-refractivity contribution in [3.63, 3.8) is 0 Å². The van der Waals surface area contributed by atoms with Gasteiger partial charge in [-0.05, 0) is 48.9 Å². The van der Waals surface area contributed by atoms with E-state index < -0.39 is 33.6 Å². The molecule has 1 fully saturated rings. The van der Waals surface area contributed by atoms with E-state index in [0.29, 0.717) is 12.2 Å². The van der Waals surface area contributed by atoms with Gasteiger partial charge in [-0.1, -0.05) is 6.07 Å². The number of hydrogen-bond acceptors (Lipinski definition) is 3. The monoisotopic (exact) mass is 352 g/mol. The molecule has 2 aromatic carbocycles. The standard InChI is InChI=1S/C16H14F2N2O3S/c17-11-4-6-13(7-5-11)20-9-8-15(16(20)21)19-24(22,23)14-3-1-2-12(18)10-14/h1-7,10,15,19H,8-9H2/t15-/m0/s1. The summed E-state index contributed by atoms with van der Waals surface area (Å²) in [5, 5.41) is 0. The van der Waals surface area contributed by atoms with Gasteiger partial charge < -0.3 is 4.90 Å². The maximum absolute atomic E-state index is 13.2. The lowest BCUT2D eigenvalue weighted by Crippen LogP contribution is -2.41. The van der Waals surface area contributed by atoms with E-state index in [1.165, 1.54) is 41.3 Å². The first-order valence-electron chi connectivity index (χ1n) is 7.22. The third-order valence-electron chi connectivity index (χ3n) is 3.75. The van der Waals surface area contributed by atoms with Crippen LogP contribution >= 0.6 is 0 Å². The molecule has 1 aliphatic heterocycles. The Morgan fingerprint density at radius 1 is 1.04 bits per heavy atom. The fraction of sp³-hybridized carbons (Fsp3) is 0.188. The Morgan fingerprint density at radius 2 is 1.75 bits per heavy atom. The number of nitrogens with one attached hydrogen (secondary N) is 1. The van der Waals surface area contributed by atoms with Gasteiger partial charge in [0.05, 0.1) is 4.90 Å². The first-order chi connectivity index (χ1) is 11.4. The molecule has 3 rings (SSSR count). The second-order valence-corrected chi connectivity index (χ2v) is 7.10. The summed E-state index contributed by atoms with van der Waals surface area (Å²) in [6, 6.07) is 8.99. The van der Waals surface area contributed by atoms with E-state index in [0.717, 1.165) is 12.1 Å². The third kappa shape index (κ3) is 3.29. The fourth-order valence-corrected chi connectivity index (χ4v) is 3.81. The topological polar surface area (TPSA) is 66.5 Å². The Balaban J connectivity index is 1.77. The van der Waals surface area contributed by atoms with E-state index in [-0.39, 0.29) is 11.3 Å². The zero-order chi connectivity index (χ0) is 17.3. The van der Waals surface area contributed by atoms with Crippen LogP contribution in [0.25, 0.3) is 0 Å². The molecule has 1 heterocycles. The minimum atomic E-state index is -4.01. The van der Waals surface area contributed by atoms with Gasteiger partial charge in [0.15, 0.2) is 0 Å². The number of hydrogen-bond donors (Lipinski definition) is 1. The molecule has 8 heteroatoms. The van der Waals surface area contributed by atoms with Gasteiger partial charge in [0.2, 0.25) is 15.9 Å². The number of carbonyl (C=O) groups is 1. The molecular formula is C16H14F2N2O3S. The molecule has 0 aliphatic carbocycles. The number of rotatable bonds is 4. The number of nitrogens with zero attached hydrogens (tertiary/aromatic N) is 1. The normalized spacial score (nSPS) is 18.2. The second kappa shape index (κ2) is 6.29. The first-order valence-corrected chi connectivity index (χ1v) is 8.70. The summed E-state index contributed by atoms with van der Waals surface area (Å²) in [5.74, 6) is -1.53. The van der Waals surface area contributed by atoms with Crippen LogP contribution in [-0.4, -0.2) is 26.9 Å². The fourth-order valence-electron chi connectivity index (χ4n) is 2.56. The lowest BCUT2D eigenvalue weighted by molar-refractivity contribution is -0.118. The van der Waals surface area contributed by atoms with Gasteiger partial charge >= 0.3 is 0 Å². The van der Waals surface area contributed by atoms with Crippen molar-refractivity contribution in [2.24, 2.45) is 0 Å². The summed E-state index contributed by atoms with van der Waals surface area (Å²) in [7, 11) is -4.01. The number of anilines is 1. The number of amides is 1. The molecule has 0 spiro atoms. The predicted molar refractivity (Wildman–Crippen MR) is 83.9 cm³/mol. The van der Waals surface area contributed by atoms with Crippen LogP contribution in [0.3, 0.4) is 0 Å². The number of sulfonamides is 1. The van der Waals surface area contributed by atoms with Crippen molar-refractivity contribution in [2.75, 3.05) is 11.4 Å². The summed E-state index contributed by atoms with van der Waals surface area (Å²) in [5.41, 5.74) is 0.494. The lowest BCUT2D eigenvalue weighted by Gasteiger charge is -2.17. The van der Waals surface area contributed by atoms with Crippen molar-refractivity contribution in [3.05, 3.63) is 60.2 Å². The van der Waals surface area contributed by atoms with Crippen molar-refractivity contribution in [3.8, 4) is 0 Å². The zero-order valence-electron chi connectivity index (χ0n) is 12.4. The summed E-state index contributed by atoms with van der Waals surface area (Å²) < 4.78 is 53.0. The van der Waals surface area contributed by atoms with Crippen LogP contribution < -0.4 is 9.62 Å². The maximum atomic E-state index is 13.2. The van der Waals surface area contributed by atoms with Gasteiger partial charge in [0.25, 0.3) is 0 Å². The molecule has 0 aromatic heterocycles. The minimum Gasteiger partial charge on any atom is -0.311 e. The van der Waals surface area contributed by atoms with Gasteiger partial charge in [0, 0.05) is 12.2 Å². The van der Waals surface area contributed by atoms with Crippen LogP contribution in [0.4, 0.5) is 14.5 Å². The summed E-state index contributed by atoms with van der Waals surface area (Å²) in [6.07, 6.45) is 0.269. The highest BCUT2D eigenvalue weighted by Gasteiger charge is 2.35. The summed E-state index contributed by atoms with van der Waals surface area (Å²) in [6.45, 7) is 0.306. The summed E-state index contributed by atoms with van der Waals surface area (Å²) in [4.78, 5) is 13.5. The van der Waals surface area contributed by atoms with Crippen LogP contribution in [-0.2, 0) is 14.8 Å². The van der Waals surface area contributed by atoms with Crippen LogP contribution in [0, 0.1) is 11.6 Å². The number of benzene rings is 2. The SMILES string of the molecule is O=C1[C@@H](NS(=O)(=O)c2cccc(F)c2)CCN1c1ccc(F)cc1. The molecule has 1 amide bonds. The Hall–Kier alpha value is -2.32. The van der Waals surface area contributed by atoms with E-state index in [4.69, 9.17) is 0 Å². The molecule has 0 saturated carbocycles. The van der Waals surface area contributed by atoms with Gasteiger partial charge in [-0.2, -0.15) is 4.72 Å². The second-order valence-electron chi connectivity index (χ2n) is 5.39. The van der Waals surface area contributed by atoms with Gasteiger partial charge in [-0.3, -0.25) is 4.79 Å². The smallest absolute Gasteiger partial charge is 0.245 e. The van der Waals surface area contributed by atoms with E-state index in [2.05, 4.69) is 4.72 Å². The Bertz CT molecular complexity index is 869. The third-order valence-corrected chi connectivity index (χ3v) is 5.22. The van der Waals surface area contributed by atoms with E-state index in [9.17, 15) is 22.0 Å². The molecule has 24 heavy (non-hydrogen) atoms. The van der Waals surface area contributed by atoms with E-state index >= 15 is 0 Å². The molecule has 126 valence electrons. The van der Waals surface area contributed by atoms with Crippen molar-refractivity contribution < 1.29 is 22.0 Å². The molecule has 5 nitrogen and oxygen atoms in total. The quantitative estimate of drug-likeness (QED) is 0.916. The van der Waals surface area contributed by atoms with Crippen LogP contribution in [0.2, 0.25) is 0 Å². The van der Waals surface area contributed by atoms with Crippen molar-refractivity contribution >= 4 is 21.6 Å². The largest absolute Gasteiger partial charge is 0.311 e. The molecular weight excluding hydrogens is 338 g/mol. The van der Waals surface area contributed by atoms with Crippen molar-refractivity contribution in [2.45, 2.75) is 17.4 Å². The zero-order valence-corrected chi connectivity index (χ0v) is 13.3.